The number of hydrogen-bond acceptors (Lipinski definition) is 5. The molecule has 1 saturated heterocycles. The normalized spacial score (nSPS) is 17.2. The molecule has 1 fully saturated rings. The van der Waals surface area contributed by atoms with Crippen molar-refractivity contribution in [3.8, 4) is 5.88 Å². The molecule has 2 heterocycles. The van der Waals surface area contributed by atoms with E-state index >= 15 is 0 Å². The summed E-state index contributed by atoms with van der Waals surface area (Å²) in [5.41, 5.74) is 1.12. The highest BCUT2D eigenvalue weighted by Gasteiger charge is 2.30. The lowest BCUT2D eigenvalue weighted by molar-refractivity contribution is 0.129. The van der Waals surface area contributed by atoms with Gasteiger partial charge in [0, 0.05) is 25.4 Å². The second kappa shape index (κ2) is 7.32. The highest BCUT2D eigenvalue weighted by atomic mass is 32.2. The van der Waals surface area contributed by atoms with Crippen molar-refractivity contribution in [3.63, 3.8) is 0 Å². The van der Waals surface area contributed by atoms with Gasteiger partial charge in [0.25, 0.3) is 0 Å². The molecule has 0 atom stereocenters. The molecule has 0 spiro atoms. The first kappa shape index (κ1) is 18.8. The standard InChI is InChI=1S/C19H25N3O3S/c1-19(2,3)15-4-6-17(7-5-15)26(23,24)22-12-9-16(10-13-22)25-18-8-11-20-14-21-18/h4-8,11,14,16H,9-10,12-13H2,1-3H3. The Hall–Kier alpha value is -1.99. The largest absolute Gasteiger partial charge is 0.474 e. The van der Waals surface area contributed by atoms with Crippen LogP contribution in [0.1, 0.15) is 39.2 Å². The average molecular weight is 375 g/mol. The minimum absolute atomic E-state index is 0.00102. The summed E-state index contributed by atoms with van der Waals surface area (Å²) in [5, 5.41) is 0. The Labute approximate surface area is 155 Å². The molecule has 1 aliphatic rings. The van der Waals surface area contributed by atoms with E-state index in [1.807, 2.05) is 12.1 Å². The molecule has 0 radical (unpaired) electrons. The lowest BCUT2D eigenvalue weighted by Gasteiger charge is -2.31. The van der Waals surface area contributed by atoms with Gasteiger partial charge in [-0.25, -0.2) is 18.4 Å². The molecule has 2 aromatic rings. The summed E-state index contributed by atoms with van der Waals surface area (Å²) in [6.07, 6.45) is 4.33. The minimum Gasteiger partial charge on any atom is -0.474 e. The predicted octanol–water partition coefficient (Wildman–Crippen LogP) is 3.01. The van der Waals surface area contributed by atoms with Gasteiger partial charge >= 0.3 is 0 Å². The Balaban J connectivity index is 1.64. The zero-order chi connectivity index (χ0) is 18.8. The first-order valence-electron chi connectivity index (χ1n) is 8.80. The van der Waals surface area contributed by atoms with Gasteiger partial charge in [0.05, 0.1) is 4.90 Å². The highest BCUT2D eigenvalue weighted by molar-refractivity contribution is 7.89. The van der Waals surface area contributed by atoms with Gasteiger partial charge in [-0.2, -0.15) is 4.31 Å². The van der Waals surface area contributed by atoms with E-state index in [1.165, 1.54) is 6.33 Å². The summed E-state index contributed by atoms with van der Waals surface area (Å²) in [6, 6.07) is 8.92. The average Bonchev–Trinajstić information content (AvgIpc) is 2.62. The van der Waals surface area contributed by atoms with Crippen molar-refractivity contribution in [2.45, 2.75) is 50.0 Å². The molecule has 1 aromatic heterocycles. The summed E-state index contributed by atoms with van der Waals surface area (Å²) < 4.78 is 33.1. The number of hydrogen-bond donors (Lipinski definition) is 0. The third kappa shape index (κ3) is 4.22. The summed E-state index contributed by atoms with van der Waals surface area (Å²) in [6.45, 7) is 7.22. The molecule has 0 saturated carbocycles. The summed E-state index contributed by atoms with van der Waals surface area (Å²) >= 11 is 0. The quantitative estimate of drug-likeness (QED) is 0.821. The fourth-order valence-electron chi connectivity index (χ4n) is 2.99. The Morgan fingerprint density at radius 3 is 2.27 bits per heavy atom. The minimum atomic E-state index is -3.47. The number of piperidine rings is 1. The molecule has 140 valence electrons. The first-order chi connectivity index (χ1) is 12.3. The maximum absolute atomic E-state index is 12.9. The molecule has 6 nitrogen and oxygen atoms in total. The van der Waals surface area contributed by atoms with Crippen LogP contribution in [0.25, 0.3) is 0 Å². The SMILES string of the molecule is CC(C)(C)c1ccc(S(=O)(=O)N2CCC(Oc3ccncn3)CC2)cc1. The second-order valence-electron chi connectivity index (χ2n) is 7.54. The van der Waals surface area contributed by atoms with E-state index < -0.39 is 10.0 Å². The van der Waals surface area contributed by atoms with Crippen LogP contribution in [0.5, 0.6) is 5.88 Å². The van der Waals surface area contributed by atoms with Crippen molar-refractivity contribution in [1.82, 2.24) is 14.3 Å². The van der Waals surface area contributed by atoms with E-state index in [4.69, 9.17) is 4.74 Å². The van der Waals surface area contributed by atoms with Crippen LogP contribution in [-0.4, -0.2) is 41.9 Å². The summed E-state index contributed by atoms with van der Waals surface area (Å²) in [5.74, 6) is 0.527. The van der Waals surface area contributed by atoms with Crippen molar-refractivity contribution in [1.29, 1.82) is 0 Å². The molecule has 7 heteroatoms. The van der Waals surface area contributed by atoms with Crippen LogP contribution in [0.15, 0.2) is 47.8 Å². The summed E-state index contributed by atoms with van der Waals surface area (Å²) in [4.78, 5) is 8.26. The van der Waals surface area contributed by atoms with E-state index in [0.29, 0.717) is 36.7 Å². The van der Waals surface area contributed by atoms with Crippen molar-refractivity contribution in [2.24, 2.45) is 0 Å². The fraction of sp³-hybridized carbons (Fsp3) is 0.474. The number of nitrogens with zero attached hydrogens (tertiary/aromatic N) is 3. The third-order valence-corrected chi connectivity index (χ3v) is 6.51. The van der Waals surface area contributed by atoms with Gasteiger partial charge in [0.1, 0.15) is 12.4 Å². The number of aromatic nitrogens is 2. The number of benzene rings is 1. The molecule has 0 N–H and O–H groups in total. The van der Waals surface area contributed by atoms with E-state index in [2.05, 4.69) is 30.7 Å². The number of ether oxygens (including phenoxy) is 1. The van der Waals surface area contributed by atoms with Crippen LogP contribution in [0, 0.1) is 0 Å². The second-order valence-corrected chi connectivity index (χ2v) is 9.48. The molecule has 0 aliphatic carbocycles. The van der Waals surface area contributed by atoms with Gasteiger partial charge in [-0.15, -0.1) is 0 Å². The lowest BCUT2D eigenvalue weighted by atomic mass is 9.87. The molecule has 0 unspecified atom stereocenters. The lowest BCUT2D eigenvalue weighted by Crippen LogP contribution is -2.41. The molecular weight excluding hydrogens is 350 g/mol. The highest BCUT2D eigenvalue weighted by Crippen LogP contribution is 2.26. The van der Waals surface area contributed by atoms with Crippen LogP contribution >= 0.6 is 0 Å². The third-order valence-electron chi connectivity index (χ3n) is 4.60. The van der Waals surface area contributed by atoms with Gasteiger partial charge in [-0.3, -0.25) is 0 Å². The molecule has 1 aromatic carbocycles. The number of sulfonamides is 1. The zero-order valence-electron chi connectivity index (χ0n) is 15.4. The van der Waals surface area contributed by atoms with Crippen molar-refractivity contribution >= 4 is 10.0 Å². The van der Waals surface area contributed by atoms with Crippen molar-refractivity contribution in [3.05, 3.63) is 48.4 Å². The van der Waals surface area contributed by atoms with E-state index in [1.54, 1.807) is 28.7 Å². The van der Waals surface area contributed by atoms with Gasteiger partial charge in [-0.05, 0) is 36.0 Å². The van der Waals surface area contributed by atoms with Crippen LogP contribution < -0.4 is 4.74 Å². The predicted molar refractivity (Wildman–Crippen MR) is 99.6 cm³/mol. The van der Waals surface area contributed by atoms with Crippen LogP contribution in [0.3, 0.4) is 0 Å². The van der Waals surface area contributed by atoms with Crippen molar-refractivity contribution in [2.75, 3.05) is 13.1 Å². The van der Waals surface area contributed by atoms with Gasteiger partial charge in [0.2, 0.25) is 15.9 Å². The van der Waals surface area contributed by atoms with E-state index in [-0.39, 0.29) is 11.5 Å². The Bertz CT molecular complexity index is 823. The molecule has 0 amide bonds. The van der Waals surface area contributed by atoms with E-state index in [9.17, 15) is 8.42 Å². The number of rotatable bonds is 4. The van der Waals surface area contributed by atoms with E-state index in [0.717, 1.165) is 5.56 Å². The zero-order valence-corrected chi connectivity index (χ0v) is 16.2. The van der Waals surface area contributed by atoms with Gasteiger partial charge in [0.15, 0.2) is 0 Å². The van der Waals surface area contributed by atoms with Gasteiger partial charge in [-0.1, -0.05) is 32.9 Å². The molecule has 26 heavy (non-hydrogen) atoms. The molecule has 0 bridgehead atoms. The fourth-order valence-corrected chi connectivity index (χ4v) is 4.46. The molecule has 1 aliphatic heterocycles. The van der Waals surface area contributed by atoms with Crippen LogP contribution in [0.2, 0.25) is 0 Å². The Morgan fingerprint density at radius 2 is 1.73 bits per heavy atom. The molecule has 3 rings (SSSR count). The summed E-state index contributed by atoms with van der Waals surface area (Å²) in [7, 11) is -3.47. The molecular formula is C19H25N3O3S. The van der Waals surface area contributed by atoms with Crippen molar-refractivity contribution < 1.29 is 13.2 Å². The Morgan fingerprint density at radius 1 is 1.08 bits per heavy atom. The maximum atomic E-state index is 12.9. The van der Waals surface area contributed by atoms with Crippen LogP contribution in [0.4, 0.5) is 0 Å². The monoisotopic (exact) mass is 375 g/mol. The Kier molecular flexibility index (Phi) is 5.29. The topological polar surface area (TPSA) is 72.4 Å². The van der Waals surface area contributed by atoms with Crippen LogP contribution in [-0.2, 0) is 15.4 Å². The van der Waals surface area contributed by atoms with Gasteiger partial charge < -0.3 is 4.74 Å². The maximum Gasteiger partial charge on any atom is 0.243 e. The smallest absolute Gasteiger partial charge is 0.243 e. The first-order valence-corrected chi connectivity index (χ1v) is 10.2.